The van der Waals surface area contributed by atoms with Crippen LogP contribution >= 0.6 is 0 Å². The van der Waals surface area contributed by atoms with Gasteiger partial charge in [-0.05, 0) is 18.1 Å². The van der Waals surface area contributed by atoms with E-state index in [4.69, 9.17) is 0 Å². The van der Waals surface area contributed by atoms with Crippen molar-refractivity contribution in [1.82, 2.24) is 25.9 Å². The Kier molecular flexibility index (Phi) is 5.30. The Morgan fingerprint density at radius 1 is 1.35 bits per heavy atom. The highest BCUT2D eigenvalue weighted by molar-refractivity contribution is 5.79. The number of hydrogen-bond donors (Lipinski definition) is 2. The summed E-state index contributed by atoms with van der Waals surface area (Å²) in [7, 11) is 0. The molecule has 0 saturated heterocycles. The van der Waals surface area contributed by atoms with Gasteiger partial charge in [0.05, 0.1) is 18.0 Å². The van der Waals surface area contributed by atoms with Crippen molar-refractivity contribution in [3.05, 3.63) is 41.2 Å². The molecule has 1 atom stereocenters. The minimum atomic E-state index is -4.49. The molecule has 2 rings (SSSR count). The minimum absolute atomic E-state index is 0.0686. The van der Waals surface area contributed by atoms with E-state index in [-0.39, 0.29) is 12.0 Å². The maximum atomic E-state index is 12.9. The summed E-state index contributed by atoms with van der Waals surface area (Å²) in [5.41, 5.74) is -0.873. The molecule has 0 saturated carbocycles. The van der Waals surface area contributed by atoms with Crippen LogP contribution in [0.1, 0.15) is 42.8 Å². The summed E-state index contributed by atoms with van der Waals surface area (Å²) in [6.45, 7) is 1.91. The number of aromatic amines is 1. The van der Waals surface area contributed by atoms with Gasteiger partial charge in [-0.2, -0.15) is 18.4 Å². The number of amides is 1. The van der Waals surface area contributed by atoms with Crippen LogP contribution in [-0.4, -0.2) is 26.5 Å². The Morgan fingerprint density at radius 3 is 2.70 bits per heavy atom. The predicted octanol–water partition coefficient (Wildman–Crippen LogP) is 2.42. The van der Waals surface area contributed by atoms with E-state index in [1.165, 1.54) is 18.2 Å². The summed E-state index contributed by atoms with van der Waals surface area (Å²) in [5, 5.41) is 16.0. The van der Waals surface area contributed by atoms with Gasteiger partial charge in [0, 0.05) is 0 Å². The number of tetrazole rings is 1. The molecule has 0 aliphatic heterocycles. The van der Waals surface area contributed by atoms with Gasteiger partial charge in [0.2, 0.25) is 5.91 Å². The topological polar surface area (TPSA) is 83.6 Å². The first-order chi connectivity index (χ1) is 10.9. The highest BCUT2D eigenvalue weighted by Crippen LogP contribution is 2.32. The summed E-state index contributed by atoms with van der Waals surface area (Å²) < 4.78 is 38.8. The van der Waals surface area contributed by atoms with E-state index in [1.807, 2.05) is 6.92 Å². The Balaban J connectivity index is 2.10. The van der Waals surface area contributed by atoms with Crippen LogP contribution in [0, 0.1) is 0 Å². The number of nitrogens with zero attached hydrogens (tertiary/aromatic N) is 3. The van der Waals surface area contributed by atoms with E-state index < -0.39 is 23.7 Å². The van der Waals surface area contributed by atoms with Gasteiger partial charge >= 0.3 is 6.18 Å². The first-order valence-corrected chi connectivity index (χ1v) is 7.09. The second-order valence-electron chi connectivity index (χ2n) is 5.01. The third-order valence-corrected chi connectivity index (χ3v) is 3.26. The average Bonchev–Trinajstić information content (AvgIpc) is 3.00. The lowest BCUT2D eigenvalue weighted by molar-refractivity contribution is -0.138. The molecule has 6 nitrogen and oxygen atoms in total. The fourth-order valence-electron chi connectivity index (χ4n) is 2.24. The van der Waals surface area contributed by atoms with Crippen LogP contribution in [0.3, 0.4) is 0 Å². The van der Waals surface area contributed by atoms with E-state index >= 15 is 0 Å². The van der Waals surface area contributed by atoms with Gasteiger partial charge in [0.25, 0.3) is 0 Å². The van der Waals surface area contributed by atoms with E-state index in [1.54, 1.807) is 0 Å². The monoisotopic (exact) mass is 327 g/mol. The molecule has 0 radical (unpaired) electrons. The number of alkyl halides is 3. The molecule has 0 fully saturated rings. The fraction of sp³-hybridized carbons (Fsp3) is 0.429. The largest absolute Gasteiger partial charge is 0.416 e. The van der Waals surface area contributed by atoms with Gasteiger partial charge in [-0.15, -0.1) is 10.2 Å². The van der Waals surface area contributed by atoms with Crippen LogP contribution < -0.4 is 5.32 Å². The normalized spacial score (nSPS) is 12.9. The van der Waals surface area contributed by atoms with E-state index in [0.29, 0.717) is 12.2 Å². The zero-order valence-corrected chi connectivity index (χ0v) is 12.4. The highest BCUT2D eigenvalue weighted by Gasteiger charge is 2.33. The molecule has 23 heavy (non-hydrogen) atoms. The number of rotatable bonds is 6. The number of H-pyrrole nitrogens is 1. The lowest BCUT2D eigenvalue weighted by Crippen LogP contribution is -2.31. The summed E-state index contributed by atoms with van der Waals surface area (Å²) in [6, 6.07) is 4.55. The van der Waals surface area contributed by atoms with Crippen LogP contribution in [0.4, 0.5) is 13.2 Å². The van der Waals surface area contributed by atoms with Crippen molar-refractivity contribution in [3.63, 3.8) is 0 Å². The van der Waals surface area contributed by atoms with Crippen LogP contribution in [-0.2, 0) is 17.4 Å². The SMILES string of the molecule is CCC[C@H](NC(=O)Cc1ccccc1C(F)(F)F)c1nn[nH]n1. The van der Waals surface area contributed by atoms with Crippen molar-refractivity contribution in [2.45, 2.75) is 38.4 Å². The first kappa shape index (κ1) is 16.9. The molecule has 2 N–H and O–H groups in total. The van der Waals surface area contributed by atoms with Crippen LogP contribution in [0.5, 0.6) is 0 Å². The zero-order chi connectivity index (χ0) is 16.9. The van der Waals surface area contributed by atoms with E-state index in [2.05, 4.69) is 25.9 Å². The van der Waals surface area contributed by atoms with Gasteiger partial charge in [0.1, 0.15) is 0 Å². The molecule has 9 heteroatoms. The molecular weight excluding hydrogens is 311 g/mol. The number of carbonyl (C=O) groups is 1. The quantitative estimate of drug-likeness (QED) is 0.853. The Bertz CT molecular complexity index is 642. The van der Waals surface area contributed by atoms with E-state index in [0.717, 1.165) is 12.5 Å². The number of hydrogen-bond acceptors (Lipinski definition) is 4. The predicted molar refractivity (Wildman–Crippen MR) is 75.1 cm³/mol. The Labute approximate surface area is 130 Å². The number of carbonyl (C=O) groups excluding carboxylic acids is 1. The summed E-state index contributed by atoms with van der Waals surface area (Å²) in [4.78, 5) is 12.1. The van der Waals surface area contributed by atoms with E-state index in [9.17, 15) is 18.0 Å². The van der Waals surface area contributed by atoms with Crippen molar-refractivity contribution in [1.29, 1.82) is 0 Å². The van der Waals surface area contributed by atoms with Gasteiger partial charge in [-0.1, -0.05) is 36.8 Å². The molecule has 0 spiro atoms. The zero-order valence-electron chi connectivity index (χ0n) is 12.4. The maximum absolute atomic E-state index is 12.9. The lowest BCUT2D eigenvalue weighted by Gasteiger charge is -2.16. The van der Waals surface area contributed by atoms with Gasteiger partial charge < -0.3 is 5.32 Å². The summed E-state index contributed by atoms with van der Waals surface area (Å²) in [6.07, 6.45) is -3.55. The Morgan fingerprint density at radius 2 is 2.09 bits per heavy atom. The second-order valence-corrected chi connectivity index (χ2v) is 5.01. The summed E-state index contributed by atoms with van der Waals surface area (Å²) in [5.74, 6) is -0.214. The highest BCUT2D eigenvalue weighted by atomic mass is 19.4. The molecule has 0 aliphatic carbocycles. The summed E-state index contributed by atoms with van der Waals surface area (Å²) >= 11 is 0. The fourth-order valence-corrected chi connectivity index (χ4v) is 2.24. The van der Waals surface area contributed by atoms with Crippen molar-refractivity contribution in [2.24, 2.45) is 0 Å². The number of halogens is 3. The molecular formula is C14H16F3N5O. The van der Waals surface area contributed by atoms with Gasteiger partial charge in [0.15, 0.2) is 5.82 Å². The maximum Gasteiger partial charge on any atom is 0.416 e. The number of nitrogens with one attached hydrogen (secondary N) is 2. The van der Waals surface area contributed by atoms with Crippen LogP contribution in [0.25, 0.3) is 0 Å². The van der Waals surface area contributed by atoms with Crippen LogP contribution in [0.15, 0.2) is 24.3 Å². The molecule has 124 valence electrons. The van der Waals surface area contributed by atoms with Gasteiger partial charge in [-0.3, -0.25) is 4.79 Å². The van der Waals surface area contributed by atoms with Crippen molar-refractivity contribution < 1.29 is 18.0 Å². The van der Waals surface area contributed by atoms with Gasteiger partial charge in [-0.25, -0.2) is 0 Å². The second kappa shape index (κ2) is 7.21. The smallest absolute Gasteiger partial charge is 0.346 e. The molecule has 2 aromatic rings. The number of aromatic nitrogens is 4. The number of benzene rings is 1. The molecule has 1 aromatic heterocycles. The average molecular weight is 327 g/mol. The standard InChI is InChI=1S/C14H16F3N5O/c1-2-5-11(13-19-21-22-20-13)18-12(23)8-9-6-3-4-7-10(9)14(15,16)17/h3-4,6-7,11H,2,5,8H2,1H3,(H,18,23)(H,19,20,21,22)/t11-/m0/s1. The van der Waals surface area contributed by atoms with Crippen LogP contribution in [0.2, 0.25) is 0 Å². The third kappa shape index (κ3) is 4.51. The molecule has 0 bridgehead atoms. The van der Waals surface area contributed by atoms with Crippen molar-refractivity contribution in [2.75, 3.05) is 0 Å². The van der Waals surface area contributed by atoms with Crippen molar-refractivity contribution >= 4 is 5.91 Å². The third-order valence-electron chi connectivity index (χ3n) is 3.26. The molecule has 1 aromatic carbocycles. The molecule has 0 unspecified atom stereocenters. The van der Waals surface area contributed by atoms with Crippen molar-refractivity contribution in [3.8, 4) is 0 Å². The molecule has 1 amide bonds. The Hall–Kier alpha value is -2.45. The first-order valence-electron chi connectivity index (χ1n) is 7.09. The molecule has 1 heterocycles. The lowest BCUT2D eigenvalue weighted by atomic mass is 10.0. The molecule has 0 aliphatic rings. The minimum Gasteiger partial charge on any atom is -0.346 e.